The minimum Gasteiger partial charge on any atom is -0.547 e. The minimum atomic E-state index is -2.52. The lowest BCUT2D eigenvalue weighted by atomic mass is 9.89. The molecule has 0 heterocycles. The van der Waals surface area contributed by atoms with Gasteiger partial charge in [-0.1, -0.05) is 26.3 Å². The van der Waals surface area contributed by atoms with Crippen molar-refractivity contribution in [3.63, 3.8) is 0 Å². The molecule has 0 aromatic rings. The standard InChI is InChI=1S/C9H14O5/c1-3-4-5-9(14,8(12)13)6(2)7(10)11/h14H,2-5H2,1H3,(H,10,11)(H,12,13)/p-2. The molecule has 0 rings (SSSR count). The summed E-state index contributed by atoms with van der Waals surface area (Å²) in [6, 6.07) is 0. The molecule has 1 atom stereocenters. The Hall–Kier alpha value is -1.36. The van der Waals surface area contributed by atoms with E-state index in [2.05, 4.69) is 6.58 Å². The fraction of sp³-hybridized carbons (Fsp3) is 0.556. The van der Waals surface area contributed by atoms with Crippen LogP contribution in [0.3, 0.4) is 0 Å². The highest BCUT2D eigenvalue weighted by Gasteiger charge is 2.32. The molecule has 0 aliphatic heterocycles. The van der Waals surface area contributed by atoms with Crippen molar-refractivity contribution in [1.82, 2.24) is 0 Å². The Kier molecular flexibility index (Phi) is 4.30. The molecule has 14 heavy (non-hydrogen) atoms. The van der Waals surface area contributed by atoms with Crippen molar-refractivity contribution in [3.05, 3.63) is 12.2 Å². The Morgan fingerprint density at radius 2 is 1.93 bits per heavy atom. The molecule has 0 amide bonds. The highest BCUT2D eigenvalue weighted by molar-refractivity contribution is 5.96. The van der Waals surface area contributed by atoms with Crippen LogP contribution >= 0.6 is 0 Å². The number of unbranched alkanes of at least 4 members (excludes halogenated alkanes) is 1. The predicted octanol–water partition coefficient (Wildman–Crippen LogP) is -2.04. The van der Waals surface area contributed by atoms with Gasteiger partial charge in [-0.2, -0.15) is 0 Å². The summed E-state index contributed by atoms with van der Waals surface area (Å²) < 4.78 is 0. The highest BCUT2D eigenvalue weighted by atomic mass is 16.4. The quantitative estimate of drug-likeness (QED) is 0.498. The second-order valence-corrected chi connectivity index (χ2v) is 3.02. The molecule has 0 aliphatic rings. The first kappa shape index (κ1) is 12.6. The van der Waals surface area contributed by atoms with Crippen LogP contribution < -0.4 is 10.2 Å². The van der Waals surface area contributed by atoms with Crippen LogP contribution in [0.1, 0.15) is 26.2 Å². The average molecular weight is 200 g/mol. The van der Waals surface area contributed by atoms with Gasteiger partial charge in [0.1, 0.15) is 5.60 Å². The maximum Gasteiger partial charge on any atom is 0.130 e. The molecule has 1 unspecified atom stereocenters. The van der Waals surface area contributed by atoms with Gasteiger partial charge in [-0.15, -0.1) is 0 Å². The predicted molar refractivity (Wildman–Crippen MR) is 43.6 cm³/mol. The van der Waals surface area contributed by atoms with Crippen LogP contribution in [-0.2, 0) is 9.59 Å². The van der Waals surface area contributed by atoms with E-state index in [0.29, 0.717) is 12.8 Å². The normalized spacial score (nSPS) is 14.4. The SMILES string of the molecule is C=C(C(=O)[O-])C(O)(CCCC)C(=O)[O-]. The van der Waals surface area contributed by atoms with Crippen LogP contribution in [0, 0.1) is 0 Å². The van der Waals surface area contributed by atoms with Crippen molar-refractivity contribution in [2.45, 2.75) is 31.8 Å². The molecule has 0 fully saturated rings. The first-order valence-corrected chi connectivity index (χ1v) is 4.20. The summed E-state index contributed by atoms with van der Waals surface area (Å²) in [4.78, 5) is 20.9. The number of hydrogen-bond acceptors (Lipinski definition) is 5. The fourth-order valence-corrected chi connectivity index (χ4v) is 0.978. The van der Waals surface area contributed by atoms with Gasteiger partial charge in [-0.05, 0) is 6.42 Å². The number of aliphatic hydroxyl groups is 1. The molecule has 0 bridgehead atoms. The van der Waals surface area contributed by atoms with E-state index in [1.54, 1.807) is 6.92 Å². The van der Waals surface area contributed by atoms with Crippen LogP contribution in [0.5, 0.6) is 0 Å². The second kappa shape index (κ2) is 4.76. The molecule has 0 saturated heterocycles. The zero-order chi connectivity index (χ0) is 11.4. The molecule has 0 aromatic carbocycles. The van der Waals surface area contributed by atoms with Crippen LogP contribution in [0.4, 0.5) is 0 Å². The van der Waals surface area contributed by atoms with Gasteiger partial charge < -0.3 is 24.9 Å². The first-order valence-electron chi connectivity index (χ1n) is 4.20. The summed E-state index contributed by atoms with van der Waals surface area (Å²) in [5.41, 5.74) is -3.39. The third-order valence-electron chi connectivity index (χ3n) is 1.98. The number of aliphatic carboxylic acids is 2. The van der Waals surface area contributed by atoms with Crippen molar-refractivity contribution in [2.24, 2.45) is 0 Å². The van der Waals surface area contributed by atoms with Crippen LogP contribution in [-0.4, -0.2) is 22.6 Å². The van der Waals surface area contributed by atoms with E-state index in [1.807, 2.05) is 0 Å². The number of hydrogen-bond donors (Lipinski definition) is 1. The maximum absolute atomic E-state index is 10.6. The van der Waals surface area contributed by atoms with Gasteiger partial charge in [-0.25, -0.2) is 0 Å². The van der Waals surface area contributed by atoms with Crippen molar-refractivity contribution in [2.75, 3.05) is 0 Å². The average Bonchev–Trinajstić information content (AvgIpc) is 2.12. The maximum atomic E-state index is 10.6. The molecule has 1 N–H and O–H groups in total. The molecule has 5 nitrogen and oxygen atoms in total. The Balaban J connectivity index is 4.80. The molecular weight excluding hydrogens is 188 g/mol. The highest BCUT2D eigenvalue weighted by Crippen LogP contribution is 2.21. The van der Waals surface area contributed by atoms with Gasteiger partial charge in [0.2, 0.25) is 0 Å². The van der Waals surface area contributed by atoms with Gasteiger partial charge >= 0.3 is 0 Å². The van der Waals surface area contributed by atoms with Gasteiger partial charge in [0.25, 0.3) is 0 Å². The minimum absolute atomic E-state index is 0.237. The van der Waals surface area contributed by atoms with Gasteiger partial charge in [0.05, 0.1) is 11.9 Å². The Morgan fingerprint density at radius 3 is 2.21 bits per heavy atom. The van der Waals surface area contributed by atoms with Crippen LogP contribution in [0.2, 0.25) is 0 Å². The Labute approximate surface area is 81.7 Å². The molecule has 80 valence electrons. The van der Waals surface area contributed by atoms with E-state index in [1.165, 1.54) is 0 Å². The molecule has 0 aliphatic carbocycles. The van der Waals surface area contributed by atoms with Crippen molar-refractivity contribution in [3.8, 4) is 0 Å². The third kappa shape index (κ3) is 2.56. The van der Waals surface area contributed by atoms with E-state index in [4.69, 9.17) is 0 Å². The van der Waals surface area contributed by atoms with Gasteiger partial charge in [0, 0.05) is 5.57 Å². The van der Waals surface area contributed by atoms with Crippen LogP contribution in [0.25, 0.3) is 0 Å². The number of rotatable bonds is 6. The van der Waals surface area contributed by atoms with Crippen LogP contribution in [0.15, 0.2) is 12.2 Å². The van der Waals surface area contributed by atoms with E-state index in [0.717, 1.165) is 0 Å². The van der Waals surface area contributed by atoms with E-state index in [-0.39, 0.29) is 6.42 Å². The molecule has 0 radical (unpaired) electrons. The molecule has 5 heteroatoms. The smallest absolute Gasteiger partial charge is 0.130 e. The largest absolute Gasteiger partial charge is 0.547 e. The van der Waals surface area contributed by atoms with Gasteiger partial charge in [-0.3, -0.25) is 0 Å². The summed E-state index contributed by atoms with van der Waals surface area (Å²) in [7, 11) is 0. The van der Waals surface area contributed by atoms with E-state index < -0.39 is 23.1 Å². The topological polar surface area (TPSA) is 100 Å². The summed E-state index contributed by atoms with van der Waals surface area (Å²) in [6.07, 6.45) is 0.741. The molecule has 0 spiro atoms. The van der Waals surface area contributed by atoms with E-state index in [9.17, 15) is 24.9 Å². The lowest BCUT2D eigenvalue weighted by Gasteiger charge is -2.31. The number of carboxylic acids is 2. The molecule has 0 aromatic heterocycles. The lowest BCUT2D eigenvalue weighted by Crippen LogP contribution is -2.53. The number of carbonyl (C=O) groups is 2. The zero-order valence-corrected chi connectivity index (χ0v) is 7.91. The fourth-order valence-electron chi connectivity index (χ4n) is 0.978. The summed E-state index contributed by atoms with van der Waals surface area (Å²) in [5, 5.41) is 30.4. The summed E-state index contributed by atoms with van der Waals surface area (Å²) in [5.74, 6) is -3.65. The third-order valence-corrected chi connectivity index (χ3v) is 1.98. The van der Waals surface area contributed by atoms with Crippen molar-refractivity contribution in [1.29, 1.82) is 0 Å². The van der Waals surface area contributed by atoms with E-state index >= 15 is 0 Å². The monoisotopic (exact) mass is 200 g/mol. The van der Waals surface area contributed by atoms with Crippen molar-refractivity contribution >= 4 is 11.9 Å². The Morgan fingerprint density at radius 1 is 1.43 bits per heavy atom. The number of carboxylic acid groups (broad SMARTS) is 2. The summed E-state index contributed by atoms with van der Waals surface area (Å²) in [6.45, 7) is 4.74. The zero-order valence-electron chi connectivity index (χ0n) is 7.91. The lowest BCUT2D eigenvalue weighted by molar-refractivity contribution is -0.327. The van der Waals surface area contributed by atoms with Crippen molar-refractivity contribution < 1.29 is 24.9 Å². The second-order valence-electron chi connectivity index (χ2n) is 3.02. The molecular formula is C9H12O5-2. The molecule has 0 saturated carbocycles. The summed E-state index contributed by atoms with van der Waals surface area (Å²) >= 11 is 0. The number of carbonyl (C=O) groups excluding carboxylic acids is 2. The first-order chi connectivity index (χ1) is 6.36. The van der Waals surface area contributed by atoms with Gasteiger partial charge in [0.15, 0.2) is 0 Å². The Bertz CT molecular complexity index is 258.